The third-order valence-electron chi connectivity index (χ3n) is 4.23. The summed E-state index contributed by atoms with van der Waals surface area (Å²) in [5.74, 6) is 0.392. The summed E-state index contributed by atoms with van der Waals surface area (Å²) in [7, 11) is 0. The number of ketones is 1. The minimum Gasteiger partial charge on any atom is -0.486 e. The highest BCUT2D eigenvalue weighted by molar-refractivity contribution is 7.21. The van der Waals surface area contributed by atoms with Crippen LogP contribution in [-0.4, -0.2) is 31.6 Å². The number of Topliss-reactive ketones (excluding diaryl/α,β-unsaturated/α-hetero) is 1. The Labute approximate surface area is 154 Å². The monoisotopic (exact) mass is 368 g/mol. The van der Waals surface area contributed by atoms with E-state index in [1.807, 2.05) is 31.2 Å². The topological polar surface area (TPSA) is 61.8 Å². The molecule has 0 N–H and O–H groups in total. The number of hydrogen-bond acceptors (Lipinski definition) is 6. The number of hydrogen-bond donors (Lipinski definition) is 0. The molecular formula is C20H16O5S. The minimum atomic E-state index is -0.477. The van der Waals surface area contributed by atoms with Crippen molar-refractivity contribution in [3.8, 4) is 11.5 Å². The zero-order valence-electron chi connectivity index (χ0n) is 14.1. The number of rotatable bonds is 4. The third-order valence-corrected chi connectivity index (χ3v) is 5.48. The summed E-state index contributed by atoms with van der Waals surface area (Å²) in [4.78, 5) is 25.3. The van der Waals surface area contributed by atoms with E-state index in [1.54, 1.807) is 18.2 Å². The SMILES string of the molecule is Cc1c(C(=O)OCC(=O)c2ccc3c(c2)OCCO3)sc2ccccc12. The fraction of sp³-hybridized carbons (Fsp3) is 0.200. The molecule has 26 heavy (non-hydrogen) atoms. The molecule has 5 nitrogen and oxygen atoms in total. The van der Waals surface area contributed by atoms with Crippen LogP contribution in [0.4, 0.5) is 0 Å². The first-order valence-electron chi connectivity index (χ1n) is 8.21. The van der Waals surface area contributed by atoms with Crippen LogP contribution in [0.2, 0.25) is 0 Å². The number of fused-ring (bicyclic) bond motifs is 2. The Balaban J connectivity index is 1.47. The molecule has 0 fully saturated rings. The second-order valence-electron chi connectivity index (χ2n) is 5.91. The molecule has 0 atom stereocenters. The molecule has 1 aromatic heterocycles. The summed E-state index contributed by atoms with van der Waals surface area (Å²) >= 11 is 1.38. The van der Waals surface area contributed by atoms with Gasteiger partial charge in [-0.1, -0.05) is 18.2 Å². The van der Waals surface area contributed by atoms with E-state index < -0.39 is 5.97 Å². The minimum absolute atomic E-state index is 0.283. The highest BCUT2D eigenvalue weighted by Gasteiger charge is 2.19. The molecule has 0 aliphatic carbocycles. The largest absolute Gasteiger partial charge is 0.486 e. The number of carbonyl (C=O) groups is 2. The molecule has 0 saturated carbocycles. The van der Waals surface area contributed by atoms with Crippen molar-refractivity contribution in [2.24, 2.45) is 0 Å². The van der Waals surface area contributed by atoms with Crippen molar-refractivity contribution in [2.45, 2.75) is 6.92 Å². The smallest absolute Gasteiger partial charge is 0.349 e. The zero-order chi connectivity index (χ0) is 18.1. The number of aryl methyl sites for hydroxylation is 1. The van der Waals surface area contributed by atoms with E-state index in [4.69, 9.17) is 14.2 Å². The van der Waals surface area contributed by atoms with Crippen molar-refractivity contribution in [2.75, 3.05) is 19.8 Å². The van der Waals surface area contributed by atoms with Gasteiger partial charge in [-0.05, 0) is 42.1 Å². The van der Waals surface area contributed by atoms with Crippen molar-refractivity contribution in [1.82, 2.24) is 0 Å². The lowest BCUT2D eigenvalue weighted by Crippen LogP contribution is -2.17. The van der Waals surface area contributed by atoms with Gasteiger partial charge in [-0.15, -0.1) is 11.3 Å². The Morgan fingerprint density at radius 2 is 1.85 bits per heavy atom. The molecule has 2 aromatic carbocycles. The summed E-state index contributed by atoms with van der Waals surface area (Å²) in [6, 6.07) is 12.8. The first-order valence-corrected chi connectivity index (χ1v) is 9.03. The third kappa shape index (κ3) is 3.04. The second kappa shape index (κ2) is 6.80. The number of ether oxygens (including phenoxy) is 3. The van der Waals surface area contributed by atoms with E-state index in [0.717, 1.165) is 15.6 Å². The molecule has 4 rings (SSSR count). The molecule has 0 radical (unpaired) electrons. The van der Waals surface area contributed by atoms with Crippen molar-refractivity contribution >= 4 is 33.2 Å². The van der Waals surface area contributed by atoms with Crippen LogP contribution in [0.1, 0.15) is 25.6 Å². The van der Waals surface area contributed by atoms with Crippen molar-refractivity contribution in [1.29, 1.82) is 0 Å². The van der Waals surface area contributed by atoms with Crippen LogP contribution in [0.3, 0.4) is 0 Å². The summed E-state index contributed by atoms with van der Waals surface area (Å²) in [6.45, 7) is 2.52. The van der Waals surface area contributed by atoms with Gasteiger partial charge in [-0.3, -0.25) is 4.79 Å². The number of carbonyl (C=O) groups excluding carboxylic acids is 2. The molecule has 2 heterocycles. The quantitative estimate of drug-likeness (QED) is 0.514. The fourth-order valence-corrected chi connectivity index (χ4v) is 3.97. The molecule has 0 unspecified atom stereocenters. The highest BCUT2D eigenvalue weighted by atomic mass is 32.1. The van der Waals surface area contributed by atoms with E-state index in [0.29, 0.717) is 35.2 Å². The Hall–Kier alpha value is -2.86. The van der Waals surface area contributed by atoms with Gasteiger partial charge in [0.25, 0.3) is 0 Å². The van der Waals surface area contributed by atoms with Crippen LogP contribution in [-0.2, 0) is 4.74 Å². The Morgan fingerprint density at radius 1 is 1.08 bits per heavy atom. The number of benzene rings is 2. The summed E-state index contributed by atoms with van der Waals surface area (Å²) in [5, 5.41) is 1.03. The van der Waals surface area contributed by atoms with Gasteiger partial charge in [0.05, 0.1) is 0 Å². The molecule has 1 aliphatic rings. The van der Waals surface area contributed by atoms with Crippen LogP contribution in [0.5, 0.6) is 11.5 Å². The second-order valence-corrected chi connectivity index (χ2v) is 6.96. The van der Waals surface area contributed by atoms with Gasteiger partial charge < -0.3 is 14.2 Å². The molecule has 1 aliphatic heterocycles. The summed E-state index contributed by atoms with van der Waals surface area (Å²) in [6.07, 6.45) is 0. The van der Waals surface area contributed by atoms with Gasteiger partial charge in [0.1, 0.15) is 18.1 Å². The predicted octanol–water partition coefficient (Wildman–Crippen LogP) is 4.02. The molecule has 132 valence electrons. The van der Waals surface area contributed by atoms with Gasteiger partial charge in [-0.2, -0.15) is 0 Å². The summed E-state index contributed by atoms with van der Waals surface area (Å²) in [5.41, 5.74) is 1.30. The van der Waals surface area contributed by atoms with Gasteiger partial charge >= 0.3 is 5.97 Å². The van der Waals surface area contributed by atoms with Gasteiger partial charge in [-0.25, -0.2) is 4.79 Å². The molecule has 0 amide bonds. The van der Waals surface area contributed by atoms with E-state index in [1.165, 1.54) is 11.3 Å². The first kappa shape index (κ1) is 16.6. The molecule has 0 saturated heterocycles. The molecule has 0 bridgehead atoms. The van der Waals surface area contributed by atoms with Crippen molar-refractivity contribution < 1.29 is 23.8 Å². The van der Waals surface area contributed by atoms with E-state index in [2.05, 4.69) is 0 Å². The van der Waals surface area contributed by atoms with E-state index >= 15 is 0 Å². The Morgan fingerprint density at radius 3 is 2.65 bits per heavy atom. The van der Waals surface area contributed by atoms with E-state index in [9.17, 15) is 9.59 Å². The highest BCUT2D eigenvalue weighted by Crippen LogP contribution is 2.32. The molecule has 3 aromatic rings. The number of thiophene rings is 1. The predicted molar refractivity (Wildman–Crippen MR) is 98.6 cm³/mol. The van der Waals surface area contributed by atoms with Crippen LogP contribution in [0.15, 0.2) is 42.5 Å². The lowest BCUT2D eigenvalue weighted by atomic mass is 10.1. The van der Waals surface area contributed by atoms with Crippen molar-refractivity contribution in [3.05, 3.63) is 58.5 Å². The van der Waals surface area contributed by atoms with Gasteiger partial charge in [0.2, 0.25) is 0 Å². The van der Waals surface area contributed by atoms with E-state index in [-0.39, 0.29) is 12.4 Å². The van der Waals surface area contributed by atoms with Gasteiger partial charge in [0.15, 0.2) is 23.9 Å². The lowest BCUT2D eigenvalue weighted by molar-refractivity contribution is 0.0479. The van der Waals surface area contributed by atoms with Gasteiger partial charge in [0, 0.05) is 10.3 Å². The molecule has 6 heteroatoms. The first-order chi connectivity index (χ1) is 12.6. The molecular weight excluding hydrogens is 352 g/mol. The van der Waals surface area contributed by atoms with Crippen LogP contribution in [0.25, 0.3) is 10.1 Å². The fourth-order valence-electron chi connectivity index (χ4n) is 2.87. The van der Waals surface area contributed by atoms with Crippen LogP contribution < -0.4 is 9.47 Å². The Bertz CT molecular complexity index is 1000. The summed E-state index contributed by atoms with van der Waals surface area (Å²) < 4.78 is 17.2. The molecule has 0 spiro atoms. The maximum absolute atomic E-state index is 12.4. The average Bonchev–Trinajstić information content (AvgIpc) is 3.02. The zero-order valence-corrected chi connectivity index (χ0v) is 14.9. The van der Waals surface area contributed by atoms with Crippen LogP contribution in [0, 0.1) is 6.92 Å². The lowest BCUT2D eigenvalue weighted by Gasteiger charge is -2.18. The van der Waals surface area contributed by atoms with Crippen molar-refractivity contribution in [3.63, 3.8) is 0 Å². The average molecular weight is 368 g/mol. The maximum atomic E-state index is 12.4. The standard InChI is InChI=1S/C20H16O5S/c1-12-14-4-2-3-5-18(14)26-19(12)20(22)25-11-15(21)13-6-7-16-17(10-13)24-9-8-23-16/h2-7,10H,8-9,11H2,1H3. The Kier molecular flexibility index (Phi) is 4.34. The normalized spacial score (nSPS) is 12.8. The maximum Gasteiger partial charge on any atom is 0.349 e. The van der Waals surface area contributed by atoms with Crippen LogP contribution >= 0.6 is 11.3 Å². The number of esters is 1.